The Morgan fingerprint density at radius 1 is 1.04 bits per heavy atom. The minimum absolute atomic E-state index is 0.0533. The molecular formula is C13H11F4N5OS. The molecule has 1 aromatic carbocycles. The van der Waals surface area contributed by atoms with E-state index in [9.17, 15) is 22.4 Å². The number of nitrogens with two attached hydrogens (primary N) is 2. The van der Waals surface area contributed by atoms with Crippen molar-refractivity contribution in [2.45, 2.75) is 11.6 Å². The average molecular weight is 361 g/mol. The Bertz CT molecular complexity index is 743. The first kappa shape index (κ1) is 17.8. The first-order valence-corrected chi connectivity index (χ1v) is 7.42. The van der Waals surface area contributed by atoms with E-state index in [-0.39, 0.29) is 35.0 Å². The van der Waals surface area contributed by atoms with Crippen LogP contribution in [0.25, 0.3) is 0 Å². The van der Waals surface area contributed by atoms with Gasteiger partial charge in [-0.2, -0.15) is 0 Å². The maximum Gasteiger partial charge on any atom is 0.225 e. The zero-order valence-electron chi connectivity index (χ0n) is 11.9. The van der Waals surface area contributed by atoms with Gasteiger partial charge in [-0.3, -0.25) is 4.79 Å². The number of aromatic nitrogens is 2. The largest absolute Gasteiger partial charge is 0.383 e. The van der Waals surface area contributed by atoms with Crippen LogP contribution in [0.2, 0.25) is 0 Å². The Morgan fingerprint density at radius 3 is 2.12 bits per heavy atom. The van der Waals surface area contributed by atoms with Crippen molar-refractivity contribution in [1.82, 2.24) is 9.97 Å². The summed E-state index contributed by atoms with van der Waals surface area (Å²) in [4.78, 5) is 19.4. The van der Waals surface area contributed by atoms with Gasteiger partial charge in [0, 0.05) is 24.3 Å². The zero-order valence-corrected chi connectivity index (χ0v) is 12.8. The van der Waals surface area contributed by atoms with Crippen LogP contribution in [0.5, 0.6) is 0 Å². The summed E-state index contributed by atoms with van der Waals surface area (Å²) < 4.78 is 52.9. The lowest BCUT2D eigenvalue weighted by atomic mass is 10.2. The van der Waals surface area contributed by atoms with Crippen LogP contribution in [0.1, 0.15) is 6.42 Å². The van der Waals surface area contributed by atoms with Gasteiger partial charge in [-0.15, -0.1) is 0 Å². The number of hydrogen-bond acceptors (Lipinski definition) is 6. The third kappa shape index (κ3) is 4.25. The number of halogens is 4. The molecule has 0 radical (unpaired) electrons. The molecule has 0 saturated heterocycles. The summed E-state index contributed by atoms with van der Waals surface area (Å²) in [6.07, 6.45) is -0.222. The molecule has 6 nitrogen and oxygen atoms in total. The van der Waals surface area contributed by atoms with E-state index >= 15 is 0 Å². The first-order chi connectivity index (χ1) is 11.3. The number of nitrogens with zero attached hydrogens (tertiary/aromatic N) is 2. The second-order valence-corrected chi connectivity index (χ2v) is 5.55. The van der Waals surface area contributed by atoms with Gasteiger partial charge in [0.05, 0.1) is 0 Å². The number of amides is 1. The Hall–Kier alpha value is -2.56. The van der Waals surface area contributed by atoms with Gasteiger partial charge >= 0.3 is 0 Å². The molecule has 0 aliphatic heterocycles. The fourth-order valence-corrected chi connectivity index (χ4v) is 2.46. The van der Waals surface area contributed by atoms with Crippen molar-refractivity contribution in [3.8, 4) is 0 Å². The van der Waals surface area contributed by atoms with E-state index < -0.39 is 34.9 Å². The van der Waals surface area contributed by atoms with Crippen molar-refractivity contribution in [3.63, 3.8) is 0 Å². The van der Waals surface area contributed by atoms with Crippen LogP contribution < -0.4 is 16.8 Å². The summed E-state index contributed by atoms with van der Waals surface area (Å²) in [6, 6.07) is 1.40. The third-order valence-electron chi connectivity index (χ3n) is 2.68. The summed E-state index contributed by atoms with van der Waals surface area (Å²) in [6.45, 7) is 0. The molecule has 1 aromatic heterocycles. The Balaban J connectivity index is 1.97. The summed E-state index contributed by atoms with van der Waals surface area (Å²) in [5.74, 6) is -7.01. The molecule has 0 aliphatic carbocycles. The molecule has 0 bridgehead atoms. The smallest absolute Gasteiger partial charge is 0.225 e. The third-order valence-corrected chi connectivity index (χ3v) is 3.53. The molecule has 11 heteroatoms. The van der Waals surface area contributed by atoms with Crippen LogP contribution in [0.3, 0.4) is 0 Å². The SMILES string of the molecule is Nc1cc(N)nc(SCCC(=O)Nc2c(F)c(F)cc(F)c2F)n1. The van der Waals surface area contributed by atoms with Crippen LogP contribution in [0.15, 0.2) is 17.3 Å². The highest BCUT2D eigenvalue weighted by molar-refractivity contribution is 7.99. The highest BCUT2D eigenvalue weighted by Crippen LogP contribution is 2.24. The number of carbonyl (C=O) groups excluding carboxylic acids is 1. The zero-order chi connectivity index (χ0) is 17.9. The maximum absolute atomic E-state index is 13.4. The van der Waals surface area contributed by atoms with E-state index in [1.807, 2.05) is 0 Å². The van der Waals surface area contributed by atoms with E-state index in [1.54, 1.807) is 5.32 Å². The van der Waals surface area contributed by atoms with Gasteiger partial charge in [-0.05, 0) is 0 Å². The molecule has 24 heavy (non-hydrogen) atoms. The van der Waals surface area contributed by atoms with Gasteiger partial charge in [0.2, 0.25) is 5.91 Å². The van der Waals surface area contributed by atoms with Crippen molar-refractivity contribution in [2.75, 3.05) is 22.5 Å². The fourth-order valence-electron chi connectivity index (χ4n) is 1.65. The number of anilines is 3. The van der Waals surface area contributed by atoms with Crippen molar-refractivity contribution < 1.29 is 22.4 Å². The van der Waals surface area contributed by atoms with Crippen LogP contribution in [-0.4, -0.2) is 21.6 Å². The monoisotopic (exact) mass is 361 g/mol. The van der Waals surface area contributed by atoms with E-state index in [1.165, 1.54) is 6.07 Å². The maximum atomic E-state index is 13.4. The Morgan fingerprint density at radius 2 is 1.58 bits per heavy atom. The van der Waals surface area contributed by atoms with Gasteiger partial charge in [0.1, 0.15) is 17.3 Å². The molecule has 1 amide bonds. The van der Waals surface area contributed by atoms with E-state index in [4.69, 9.17) is 11.5 Å². The molecule has 1 heterocycles. The van der Waals surface area contributed by atoms with Crippen LogP contribution >= 0.6 is 11.8 Å². The number of hydrogen-bond donors (Lipinski definition) is 3. The van der Waals surface area contributed by atoms with Crippen molar-refractivity contribution in [3.05, 3.63) is 35.4 Å². The van der Waals surface area contributed by atoms with Gasteiger partial charge in [-0.25, -0.2) is 27.5 Å². The van der Waals surface area contributed by atoms with Crippen molar-refractivity contribution >= 4 is 35.0 Å². The number of thioether (sulfide) groups is 1. The molecule has 2 rings (SSSR count). The summed E-state index contributed by atoms with van der Waals surface area (Å²) in [5.41, 5.74) is 9.78. The molecule has 0 aliphatic rings. The summed E-state index contributed by atoms with van der Waals surface area (Å²) in [7, 11) is 0. The van der Waals surface area contributed by atoms with Gasteiger partial charge in [-0.1, -0.05) is 11.8 Å². The molecular weight excluding hydrogens is 350 g/mol. The van der Waals surface area contributed by atoms with Crippen molar-refractivity contribution in [2.24, 2.45) is 0 Å². The number of benzene rings is 1. The number of nitrogen functional groups attached to an aromatic ring is 2. The van der Waals surface area contributed by atoms with E-state index in [0.717, 1.165) is 11.8 Å². The minimum atomic E-state index is -1.68. The van der Waals surface area contributed by atoms with Crippen molar-refractivity contribution in [1.29, 1.82) is 0 Å². The lowest BCUT2D eigenvalue weighted by Crippen LogP contribution is -2.16. The van der Waals surface area contributed by atoms with E-state index in [2.05, 4.69) is 9.97 Å². The lowest BCUT2D eigenvalue weighted by Gasteiger charge is -2.08. The summed E-state index contributed by atoms with van der Waals surface area (Å²) >= 11 is 1.02. The molecule has 128 valence electrons. The molecule has 0 atom stereocenters. The van der Waals surface area contributed by atoms with Crippen LogP contribution in [0.4, 0.5) is 34.9 Å². The fraction of sp³-hybridized carbons (Fsp3) is 0.154. The quantitative estimate of drug-likeness (QED) is 0.327. The predicted octanol–water partition coefficient (Wildman–Crippen LogP) is 2.32. The normalized spacial score (nSPS) is 10.7. The second kappa shape index (κ2) is 7.34. The molecule has 0 unspecified atom stereocenters. The highest BCUT2D eigenvalue weighted by atomic mass is 32.2. The highest BCUT2D eigenvalue weighted by Gasteiger charge is 2.20. The molecule has 2 aromatic rings. The molecule has 0 spiro atoms. The van der Waals surface area contributed by atoms with E-state index in [0.29, 0.717) is 0 Å². The Kier molecular flexibility index (Phi) is 5.44. The van der Waals surface area contributed by atoms with Gasteiger partial charge in [0.15, 0.2) is 28.4 Å². The second-order valence-electron chi connectivity index (χ2n) is 4.49. The molecule has 5 N–H and O–H groups in total. The Labute approximate surface area is 137 Å². The van der Waals surface area contributed by atoms with Crippen LogP contribution in [-0.2, 0) is 4.79 Å². The molecule has 0 fully saturated rings. The standard InChI is InChI=1S/C13H11F4N5OS/c14-5-3-6(15)11(17)12(10(5)16)22-9(23)1-2-24-13-20-7(18)4-8(19)21-13/h3-4H,1-2H2,(H,22,23)(H4,18,19,20,21). The number of nitrogens with one attached hydrogen (secondary N) is 1. The average Bonchev–Trinajstić information content (AvgIpc) is 2.48. The lowest BCUT2D eigenvalue weighted by molar-refractivity contribution is -0.115. The topological polar surface area (TPSA) is 107 Å². The summed E-state index contributed by atoms with van der Waals surface area (Å²) in [5, 5.41) is 2.01. The number of rotatable bonds is 5. The predicted molar refractivity (Wildman–Crippen MR) is 81.1 cm³/mol. The number of carbonyl (C=O) groups is 1. The minimum Gasteiger partial charge on any atom is -0.383 e. The first-order valence-electron chi connectivity index (χ1n) is 6.43. The van der Waals surface area contributed by atoms with Gasteiger partial charge < -0.3 is 16.8 Å². The van der Waals surface area contributed by atoms with Crippen LogP contribution in [0, 0.1) is 23.3 Å². The molecule has 0 saturated carbocycles. The van der Waals surface area contributed by atoms with Gasteiger partial charge in [0.25, 0.3) is 0 Å².